The zero-order chi connectivity index (χ0) is 19.7. The Morgan fingerprint density at radius 3 is 1.61 bits per heavy atom. The Balaban J connectivity index is 1.74. The highest BCUT2D eigenvalue weighted by Crippen LogP contribution is 2.34. The van der Waals surface area contributed by atoms with Gasteiger partial charge in [0.25, 0.3) is 0 Å². The van der Waals surface area contributed by atoms with E-state index in [-0.39, 0.29) is 16.7 Å². The first kappa shape index (κ1) is 18.0. The first-order chi connectivity index (χ1) is 13.6. The summed E-state index contributed by atoms with van der Waals surface area (Å²) in [5.74, 6) is -4.64. The molecule has 0 N–H and O–H groups in total. The highest BCUT2D eigenvalue weighted by atomic mass is 19.2. The molecule has 0 saturated carbocycles. The van der Waals surface area contributed by atoms with E-state index < -0.39 is 23.3 Å². The van der Waals surface area contributed by atoms with Gasteiger partial charge in [-0.05, 0) is 22.8 Å². The van der Waals surface area contributed by atoms with Gasteiger partial charge in [-0.25, -0.2) is 17.6 Å². The number of rotatable bonds is 3. The lowest BCUT2D eigenvalue weighted by molar-refractivity contribution is 0.502. The molecule has 0 bridgehead atoms. The average Bonchev–Trinajstić information content (AvgIpc) is 2.73. The summed E-state index contributed by atoms with van der Waals surface area (Å²) in [6.45, 7) is 0. The number of benzene rings is 4. The Kier molecular flexibility index (Phi) is 4.70. The van der Waals surface area contributed by atoms with Crippen LogP contribution >= 0.6 is 0 Å². The summed E-state index contributed by atoms with van der Waals surface area (Å²) in [6, 6.07) is 22.7. The Hall–Kier alpha value is -3.40. The summed E-state index contributed by atoms with van der Waals surface area (Å²) in [5, 5.41) is 0. The molecule has 0 saturated heterocycles. The van der Waals surface area contributed by atoms with Gasteiger partial charge in [-0.1, -0.05) is 78.9 Å². The lowest BCUT2D eigenvalue weighted by atomic mass is 9.97. The summed E-state index contributed by atoms with van der Waals surface area (Å²) < 4.78 is 56.7. The van der Waals surface area contributed by atoms with Gasteiger partial charge in [0.05, 0.1) is 0 Å². The molecule has 0 aliphatic heterocycles. The van der Waals surface area contributed by atoms with E-state index in [9.17, 15) is 17.6 Å². The van der Waals surface area contributed by atoms with Crippen molar-refractivity contribution in [3.63, 3.8) is 0 Å². The minimum Gasteiger partial charge on any atom is -0.204 e. The van der Waals surface area contributed by atoms with Crippen molar-refractivity contribution >= 4 is 0 Å². The Bertz CT molecular complexity index is 1130. The normalized spacial score (nSPS) is 10.9. The van der Waals surface area contributed by atoms with Crippen molar-refractivity contribution in [1.82, 2.24) is 0 Å². The molecule has 138 valence electrons. The Labute approximate surface area is 159 Å². The molecular weight excluding hydrogens is 364 g/mol. The van der Waals surface area contributed by atoms with Crippen LogP contribution in [0.25, 0.3) is 33.4 Å². The molecule has 0 unspecified atom stereocenters. The maximum Gasteiger partial charge on any atom is 0.167 e. The first-order valence-corrected chi connectivity index (χ1v) is 8.64. The van der Waals surface area contributed by atoms with E-state index in [0.29, 0.717) is 5.56 Å². The van der Waals surface area contributed by atoms with E-state index in [4.69, 9.17) is 0 Å². The smallest absolute Gasteiger partial charge is 0.167 e. The molecule has 0 nitrogen and oxygen atoms in total. The lowest BCUT2D eigenvalue weighted by Crippen LogP contribution is -1.97. The van der Waals surface area contributed by atoms with Gasteiger partial charge in [0.1, 0.15) is 0 Å². The first-order valence-electron chi connectivity index (χ1n) is 8.64. The zero-order valence-corrected chi connectivity index (χ0v) is 14.6. The number of halogens is 4. The molecule has 0 amide bonds. The Morgan fingerprint density at radius 1 is 0.357 bits per heavy atom. The standard InChI is InChI=1S/C24H14F4/c25-21-8-4-7-19(22(21)26)20-14-13-18(23(27)24(20)28)17-11-9-16(10-12-17)15-5-2-1-3-6-15/h1-14H. The molecular formula is C24H14F4. The van der Waals surface area contributed by atoms with Crippen LogP contribution in [0, 0.1) is 23.3 Å². The third-order valence-electron chi connectivity index (χ3n) is 4.63. The van der Waals surface area contributed by atoms with E-state index in [1.807, 2.05) is 42.5 Å². The van der Waals surface area contributed by atoms with Gasteiger partial charge >= 0.3 is 0 Å². The highest BCUT2D eigenvalue weighted by Gasteiger charge is 2.19. The fraction of sp³-hybridized carbons (Fsp3) is 0. The number of hydrogen-bond acceptors (Lipinski definition) is 0. The van der Waals surface area contributed by atoms with Crippen LogP contribution in [0.1, 0.15) is 0 Å². The van der Waals surface area contributed by atoms with Gasteiger partial charge < -0.3 is 0 Å². The van der Waals surface area contributed by atoms with Gasteiger partial charge in [-0.2, -0.15) is 0 Å². The van der Waals surface area contributed by atoms with Crippen molar-refractivity contribution in [2.24, 2.45) is 0 Å². The molecule has 4 rings (SSSR count). The second kappa shape index (κ2) is 7.31. The second-order valence-corrected chi connectivity index (χ2v) is 6.33. The molecule has 4 heteroatoms. The van der Waals surface area contributed by atoms with E-state index in [1.54, 1.807) is 12.1 Å². The van der Waals surface area contributed by atoms with Crippen LogP contribution in [0.5, 0.6) is 0 Å². The maximum absolute atomic E-state index is 14.7. The van der Waals surface area contributed by atoms with Crippen LogP contribution in [-0.4, -0.2) is 0 Å². The van der Waals surface area contributed by atoms with Gasteiger partial charge in [0.2, 0.25) is 0 Å². The van der Waals surface area contributed by atoms with Gasteiger partial charge in [-0.15, -0.1) is 0 Å². The van der Waals surface area contributed by atoms with Crippen LogP contribution < -0.4 is 0 Å². The molecule has 4 aromatic carbocycles. The van der Waals surface area contributed by atoms with E-state index in [2.05, 4.69) is 0 Å². The molecule has 0 atom stereocenters. The summed E-state index contributed by atoms with van der Waals surface area (Å²) in [5.41, 5.74) is 1.86. The topological polar surface area (TPSA) is 0 Å². The average molecular weight is 378 g/mol. The van der Waals surface area contributed by atoms with Crippen molar-refractivity contribution in [2.45, 2.75) is 0 Å². The largest absolute Gasteiger partial charge is 0.204 e. The van der Waals surface area contributed by atoms with Crippen LogP contribution in [0.2, 0.25) is 0 Å². The van der Waals surface area contributed by atoms with Gasteiger partial charge in [0.15, 0.2) is 23.3 Å². The van der Waals surface area contributed by atoms with Crippen molar-refractivity contribution in [1.29, 1.82) is 0 Å². The van der Waals surface area contributed by atoms with Crippen molar-refractivity contribution < 1.29 is 17.6 Å². The summed E-state index contributed by atoms with van der Waals surface area (Å²) in [6.07, 6.45) is 0. The van der Waals surface area contributed by atoms with Crippen LogP contribution in [0.3, 0.4) is 0 Å². The summed E-state index contributed by atoms with van der Waals surface area (Å²) >= 11 is 0. The summed E-state index contributed by atoms with van der Waals surface area (Å²) in [7, 11) is 0. The van der Waals surface area contributed by atoms with Crippen LogP contribution in [-0.2, 0) is 0 Å². The minimum absolute atomic E-state index is 0.0534. The fourth-order valence-corrected chi connectivity index (χ4v) is 3.17. The lowest BCUT2D eigenvalue weighted by Gasteiger charge is -2.11. The fourth-order valence-electron chi connectivity index (χ4n) is 3.17. The summed E-state index contributed by atoms with van der Waals surface area (Å²) in [4.78, 5) is 0. The van der Waals surface area contributed by atoms with E-state index in [1.165, 1.54) is 24.3 Å². The van der Waals surface area contributed by atoms with Gasteiger partial charge in [0, 0.05) is 16.7 Å². The van der Waals surface area contributed by atoms with Crippen molar-refractivity contribution in [2.75, 3.05) is 0 Å². The molecule has 0 aromatic heterocycles. The predicted octanol–water partition coefficient (Wildman–Crippen LogP) is 7.24. The third-order valence-corrected chi connectivity index (χ3v) is 4.63. The number of hydrogen-bond donors (Lipinski definition) is 0. The molecule has 0 radical (unpaired) electrons. The molecule has 0 aliphatic rings. The molecule has 28 heavy (non-hydrogen) atoms. The second-order valence-electron chi connectivity index (χ2n) is 6.33. The monoisotopic (exact) mass is 378 g/mol. The van der Waals surface area contributed by atoms with Crippen LogP contribution in [0.15, 0.2) is 84.9 Å². The molecule has 0 aliphatic carbocycles. The van der Waals surface area contributed by atoms with Gasteiger partial charge in [-0.3, -0.25) is 0 Å². The van der Waals surface area contributed by atoms with Crippen LogP contribution in [0.4, 0.5) is 17.6 Å². The highest BCUT2D eigenvalue weighted by molar-refractivity contribution is 5.74. The maximum atomic E-state index is 14.7. The molecule has 4 aromatic rings. The van der Waals surface area contributed by atoms with Crippen molar-refractivity contribution in [3.05, 3.63) is 108 Å². The Morgan fingerprint density at radius 2 is 0.893 bits per heavy atom. The molecule has 0 spiro atoms. The van der Waals surface area contributed by atoms with E-state index in [0.717, 1.165) is 17.2 Å². The SMILES string of the molecule is Fc1cccc(-c2ccc(-c3ccc(-c4ccccc4)cc3)c(F)c2F)c1F. The van der Waals surface area contributed by atoms with Crippen molar-refractivity contribution in [3.8, 4) is 33.4 Å². The molecule has 0 heterocycles. The minimum atomic E-state index is -1.21. The van der Waals surface area contributed by atoms with E-state index >= 15 is 0 Å². The predicted molar refractivity (Wildman–Crippen MR) is 103 cm³/mol. The zero-order valence-electron chi connectivity index (χ0n) is 14.6. The third kappa shape index (κ3) is 3.18. The quantitative estimate of drug-likeness (QED) is 0.330. The molecule has 0 fully saturated rings.